The van der Waals surface area contributed by atoms with Crippen LogP contribution in [0.4, 0.5) is 4.79 Å². The highest BCUT2D eigenvalue weighted by molar-refractivity contribution is 5.86. The fraction of sp³-hybridized carbons (Fsp3) is 0.345. The monoisotopic (exact) mass is 505 g/mol. The summed E-state index contributed by atoms with van der Waals surface area (Å²) < 4.78 is 5.40. The van der Waals surface area contributed by atoms with Crippen molar-refractivity contribution in [3.8, 4) is 0 Å². The first-order chi connectivity index (χ1) is 17.5. The normalized spacial score (nSPS) is 12.9. The number of alkyl carbamates (subject to hydrolysis) is 1. The summed E-state index contributed by atoms with van der Waals surface area (Å²) in [5.74, 6) is -1.50. The Morgan fingerprint density at radius 3 is 2.30 bits per heavy atom. The van der Waals surface area contributed by atoms with Crippen molar-refractivity contribution in [3.05, 3.63) is 84.1 Å². The number of H-pyrrole nitrogens is 1. The Hall–Kier alpha value is -4.07. The first-order valence-electron chi connectivity index (χ1n) is 12.3. The molecule has 4 N–H and O–H groups in total. The van der Waals surface area contributed by atoms with Gasteiger partial charge < -0.3 is 25.5 Å². The van der Waals surface area contributed by atoms with Crippen molar-refractivity contribution in [1.29, 1.82) is 0 Å². The molecule has 2 aromatic carbocycles. The van der Waals surface area contributed by atoms with E-state index in [1.807, 2.05) is 54.6 Å². The molecule has 0 radical (unpaired) electrons. The van der Waals surface area contributed by atoms with Gasteiger partial charge in [-0.25, -0.2) is 9.59 Å². The second-order valence-electron chi connectivity index (χ2n) is 10.1. The van der Waals surface area contributed by atoms with Gasteiger partial charge in [0.25, 0.3) is 0 Å². The largest absolute Gasteiger partial charge is 0.480 e. The lowest BCUT2D eigenvalue weighted by atomic mass is 9.96. The molecule has 3 aromatic rings. The highest BCUT2D eigenvalue weighted by atomic mass is 16.6. The molecule has 0 spiro atoms. The van der Waals surface area contributed by atoms with Crippen molar-refractivity contribution in [2.45, 2.75) is 64.1 Å². The van der Waals surface area contributed by atoms with Gasteiger partial charge in [-0.2, -0.15) is 0 Å². The summed E-state index contributed by atoms with van der Waals surface area (Å²) in [6.07, 6.45) is 2.16. The third-order valence-corrected chi connectivity index (χ3v) is 5.87. The number of amides is 2. The average Bonchev–Trinajstić information content (AvgIpc) is 3.24. The van der Waals surface area contributed by atoms with Crippen LogP contribution in [0.5, 0.6) is 0 Å². The van der Waals surface area contributed by atoms with Gasteiger partial charge in [0.15, 0.2) is 0 Å². The molecule has 196 valence electrons. The van der Waals surface area contributed by atoms with Crippen LogP contribution in [0.1, 0.15) is 44.7 Å². The Balaban J connectivity index is 1.61. The van der Waals surface area contributed by atoms with E-state index in [1.54, 1.807) is 27.0 Å². The van der Waals surface area contributed by atoms with Crippen LogP contribution in [-0.2, 0) is 27.2 Å². The summed E-state index contributed by atoms with van der Waals surface area (Å²) in [5, 5.41) is 16.1. The molecule has 0 saturated carbocycles. The lowest BCUT2D eigenvalue weighted by Crippen LogP contribution is -2.43. The summed E-state index contributed by atoms with van der Waals surface area (Å²) in [7, 11) is 0. The fourth-order valence-corrected chi connectivity index (χ4v) is 4.03. The van der Waals surface area contributed by atoms with Crippen molar-refractivity contribution in [2.24, 2.45) is 0 Å². The molecular weight excluding hydrogens is 470 g/mol. The number of ether oxygens (including phenoxy) is 1. The number of aromatic nitrogens is 1. The molecule has 2 atom stereocenters. The Bertz CT molecular complexity index is 1240. The molecule has 1 aromatic heterocycles. The predicted octanol–water partition coefficient (Wildman–Crippen LogP) is 4.75. The van der Waals surface area contributed by atoms with E-state index < -0.39 is 35.7 Å². The lowest BCUT2D eigenvalue weighted by Gasteiger charge is -2.25. The number of carboxylic acid groups (broad SMARTS) is 1. The smallest absolute Gasteiger partial charge is 0.408 e. The van der Waals surface area contributed by atoms with Crippen LogP contribution in [0.25, 0.3) is 10.9 Å². The van der Waals surface area contributed by atoms with Crippen LogP contribution in [-0.4, -0.2) is 45.7 Å². The van der Waals surface area contributed by atoms with Crippen molar-refractivity contribution < 1.29 is 24.2 Å². The number of hydrogen-bond acceptors (Lipinski definition) is 4. The first-order valence-corrected chi connectivity index (χ1v) is 12.3. The summed E-state index contributed by atoms with van der Waals surface area (Å²) in [5.41, 5.74) is 2.72. The van der Waals surface area contributed by atoms with E-state index in [1.165, 1.54) is 0 Å². The van der Waals surface area contributed by atoms with E-state index in [0.29, 0.717) is 12.0 Å². The summed E-state index contributed by atoms with van der Waals surface area (Å²) in [4.78, 5) is 40.2. The molecule has 0 bridgehead atoms. The molecule has 0 fully saturated rings. The predicted molar refractivity (Wildman–Crippen MR) is 143 cm³/mol. The standard InChI is InChI=1S/C29H35N3O5/c1-19(24(16-20-10-6-5-7-11-20)32-28(36)37-29(2,3)4)14-15-26(33)31-25(27(34)35)17-21-18-30-23-13-9-8-12-22(21)23/h5-13,18,24-25,30H,1,14-17H2,2-4H3,(H,31,33)(H,32,36)(H,34,35)/t24-,25-/m0/s1. The van der Waals surface area contributed by atoms with Crippen LogP contribution in [0, 0.1) is 0 Å². The Morgan fingerprint density at radius 1 is 0.946 bits per heavy atom. The number of carboxylic acids is 1. The summed E-state index contributed by atoms with van der Waals surface area (Å²) in [6, 6.07) is 15.7. The van der Waals surface area contributed by atoms with Crippen molar-refractivity contribution in [3.63, 3.8) is 0 Å². The minimum absolute atomic E-state index is 0.0395. The number of aliphatic carboxylic acids is 1. The van der Waals surface area contributed by atoms with Gasteiger partial charge in [0.1, 0.15) is 11.6 Å². The van der Waals surface area contributed by atoms with Gasteiger partial charge in [0.05, 0.1) is 6.04 Å². The molecule has 0 aliphatic rings. The van der Waals surface area contributed by atoms with Gasteiger partial charge in [-0.3, -0.25) is 4.79 Å². The molecule has 2 amide bonds. The maximum absolute atomic E-state index is 12.7. The molecule has 0 aliphatic heterocycles. The van der Waals surface area contributed by atoms with Gasteiger partial charge in [-0.05, 0) is 50.8 Å². The zero-order valence-corrected chi connectivity index (χ0v) is 21.5. The van der Waals surface area contributed by atoms with Crippen LogP contribution < -0.4 is 10.6 Å². The molecule has 1 heterocycles. The maximum atomic E-state index is 12.7. The molecule has 8 nitrogen and oxygen atoms in total. The van der Waals surface area contributed by atoms with E-state index in [2.05, 4.69) is 22.2 Å². The van der Waals surface area contributed by atoms with E-state index >= 15 is 0 Å². The number of hydrogen-bond donors (Lipinski definition) is 4. The molecule has 3 rings (SSSR count). The number of aromatic amines is 1. The quantitative estimate of drug-likeness (QED) is 0.280. The van der Waals surface area contributed by atoms with Crippen LogP contribution in [0.2, 0.25) is 0 Å². The van der Waals surface area contributed by atoms with Crippen LogP contribution in [0.3, 0.4) is 0 Å². The van der Waals surface area contributed by atoms with Gasteiger partial charge >= 0.3 is 12.1 Å². The third kappa shape index (κ3) is 8.52. The lowest BCUT2D eigenvalue weighted by molar-refractivity contribution is -0.141. The molecular formula is C29H35N3O5. The Kier molecular flexibility index (Phi) is 9.11. The minimum Gasteiger partial charge on any atom is -0.480 e. The minimum atomic E-state index is -1.11. The number of fused-ring (bicyclic) bond motifs is 1. The molecule has 0 saturated heterocycles. The van der Waals surface area contributed by atoms with E-state index in [0.717, 1.165) is 22.0 Å². The third-order valence-electron chi connectivity index (χ3n) is 5.87. The number of benzene rings is 2. The maximum Gasteiger partial charge on any atom is 0.408 e. The van der Waals surface area contributed by atoms with Gasteiger partial charge in [-0.15, -0.1) is 0 Å². The van der Waals surface area contributed by atoms with Gasteiger partial charge in [0, 0.05) is 29.9 Å². The highest BCUT2D eigenvalue weighted by Gasteiger charge is 2.24. The van der Waals surface area contributed by atoms with Crippen molar-refractivity contribution in [1.82, 2.24) is 15.6 Å². The van der Waals surface area contributed by atoms with E-state index in [9.17, 15) is 19.5 Å². The Morgan fingerprint density at radius 2 is 1.62 bits per heavy atom. The number of para-hydroxylation sites is 1. The van der Waals surface area contributed by atoms with E-state index in [-0.39, 0.29) is 19.3 Å². The zero-order chi connectivity index (χ0) is 27.0. The number of nitrogens with one attached hydrogen (secondary N) is 3. The number of rotatable bonds is 11. The molecule has 0 unspecified atom stereocenters. The number of carbonyl (C=O) groups is 3. The van der Waals surface area contributed by atoms with Crippen LogP contribution >= 0.6 is 0 Å². The van der Waals surface area contributed by atoms with Gasteiger partial charge in [-0.1, -0.05) is 60.7 Å². The Labute approximate surface area is 217 Å². The van der Waals surface area contributed by atoms with Crippen LogP contribution in [0.15, 0.2) is 72.9 Å². The fourth-order valence-electron chi connectivity index (χ4n) is 4.03. The molecule has 8 heteroatoms. The average molecular weight is 506 g/mol. The summed E-state index contributed by atoms with van der Waals surface area (Å²) >= 11 is 0. The molecule has 37 heavy (non-hydrogen) atoms. The summed E-state index contributed by atoms with van der Waals surface area (Å²) in [6.45, 7) is 9.47. The molecule has 0 aliphatic carbocycles. The van der Waals surface area contributed by atoms with Gasteiger partial charge in [0.2, 0.25) is 5.91 Å². The SMILES string of the molecule is C=C(CCC(=O)N[C@@H](Cc1c[nH]c2ccccc12)C(=O)O)[C@H](Cc1ccccc1)NC(=O)OC(C)(C)C. The first kappa shape index (κ1) is 27.5. The second kappa shape index (κ2) is 12.3. The zero-order valence-electron chi connectivity index (χ0n) is 21.5. The van der Waals surface area contributed by atoms with Crippen molar-refractivity contribution in [2.75, 3.05) is 0 Å². The number of carbonyl (C=O) groups excluding carboxylic acids is 2. The van der Waals surface area contributed by atoms with Crippen molar-refractivity contribution >= 4 is 28.9 Å². The highest BCUT2D eigenvalue weighted by Crippen LogP contribution is 2.20. The topological polar surface area (TPSA) is 121 Å². The second-order valence-corrected chi connectivity index (χ2v) is 10.1. The van der Waals surface area contributed by atoms with E-state index in [4.69, 9.17) is 4.74 Å².